The number of halogens is 1. The van der Waals surface area contributed by atoms with Crippen LogP contribution in [0.25, 0.3) is 0 Å². The number of benzene rings is 2. The Bertz CT molecular complexity index is 597. The second kappa shape index (κ2) is 4.84. The zero-order valence-corrected chi connectivity index (χ0v) is 10.3. The van der Waals surface area contributed by atoms with E-state index in [0.717, 1.165) is 6.42 Å². The second-order valence-electron chi connectivity index (χ2n) is 4.83. The zero-order valence-electron chi connectivity index (χ0n) is 10.3. The average molecular weight is 255 g/mol. The first-order valence-electron chi connectivity index (χ1n) is 6.36. The van der Waals surface area contributed by atoms with Crippen molar-refractivity contribution >= 4 is 11.6 Å². The lowest BCUT2D eigenvalue weighted by Gasteiger charge is -2.05. The maximum Gasteiger partial charge on any atom is 0.228 e. The first kappa shape index (κ1) is 11.9. The molecule has 1 aliphatic rings. The van der Waals surface area contributed by atoms with E-state index in [1.54, 1.807) is 18.2 Å². The third-order valence-electron chi connectivity index (χ3n) is 3.49. The molecule has 1 N–H and O–H groups in total. The first-order valence-corrected chi connectivity index (χ1v) is 6.36. The van der Waals surface area contributed by atoms with Crippen LogP contribution >= 0.6 is 0 Å². The molecule has 0 spiro atoms. The third kappa shape index (κ3) is 2.50. The number of carbonyl (C=O) groups excluding carboxylic acids is 1. The van der Waals surface area contributed by atoms with Crippen molar-refractivity contribution in [2.75, 3.05) is 5.32 Å². The van der Waals surface area contributed by atoms with E-state index in [2.05, 4.69) is 5.32 Å². The Kier molecular flexibility index (Phi) is 3.03. The smallest absolute Gasteiger partial charge is 0.228 e. The molecule has 1 saturated carbocycles. The maximum absolute atomic E-state index is 13.4. The fourth-order valence-electron chi connectivity index (χ4n) is 2.34. The lowest BCUT2D eigenvalue weighted by molar-refractivity contribution is -0.117. The number of anilines is 1. The van der Waals surface area contributed by atoms with Gasteiger partial charge >= 0.3 is 0 Å². The molecule has 0 bridgehead atoms. The van der Waals surface area contributed by atoms with Gasteiger partial charge in [0.2, 0.25) is 5.91 Å². The van der Waals surface area contributed by atoms with E-state index in [0.29, 0.717) is 0 Å². The standard InChI is InChI=1S/C16H14FNO/c17-14-8-4-5-9-15(14)18-16(19)13-10-12(13)11-6-2-1-3-7-11/h1-9,12-13H,10H2,(H,18,19)/t12-,13+/m1/s1. The molecule has 1 amide bonds. The van der Waals surface area contributed by atoms with Crippen molar-refractivity contribution in [2.45, 2.75) is 12.3 Å². The van der Waals surface area contributed by atoms with Crippen LogP contribution < -0.4 is 5.32 Å². The molecule has 19 heavy (non-hydrogen) atoms. The summed E-state index contributed by atoms with van der Waals surface area (Å²) < 4.78 is 13.4. The topological polar surface area (TPSA) is 29.1 Å². The number of carbonyl (C=O) groups is 1. The van der Waals surface area contributed by atoms with Gasteiger partial charge in [0.15, 0.2) is 0 Å². The van der Waals surface area contributed by atoms with Crippen molar-refractivity contribution in [3.63, 3.8) is 0 Å². The number of nitrogens with one attached hydrogen (secondary N) is 1. The van der Waals surface area contributed by atoms with Gasteiger partial charge in [0, 0.05) is 5.92 Å². The van der Waals surface area contributed by atoms with Crippen molar-refractivity contribution in [1.29, 1.82) is 0 Å². The van der Waals surface area contributed by atoms with E-state index in [4.69, 9.17) is 0 Å². The molecule has 3 heteroatoms. The van der Waals surface area contributed by atoms with Crippen LogP contribution in [0.15, 0.2) is 54.6 Å². The summed E-state index contributed by atoms with van der Waals surface area (Å²) in [5, 5.41) is 2.66. The summed E-state index contributed by atoms with van der Waals surface area (Å²) in [5.41, 5.74) is 1.43. The molecule has 0 saturated heterocycles. The van der Waals surface area contributed by atoms with Crippen LogP contribution in [0, 0.1) is 11.7 Å². The molecule has 0 aromatic heterocycles. The van der Waals surface area contributed by atoms with Gasteiger partial charge in [0.25, 0.3) is 0 Å². The Morgan fingerprint density at radius 1 is 1.05 bits per heavy atom. The summed E-state index contributed by atoms with van der Waals surface area (Å²) in [6.07, 6.45) is 0.838. The largest absolute Gasteiger partial charge is 0.323 e. The molecule has 1 aliphatic carbocycles. The van der Waals surface area contributed by atoms with Crippen molar-refractivity contribution in [3.05, 3.63) is 66.0 Å². The molecule has 0 heterocycles. The van der Waals surface area contributed by atoms with Crippen molar-refractivity contribution in [3.8, 4) is 0 Å². The summed E-state index contributed by atoms with van der Waals surface area (Å²) in [6.45, 7) is 0. The Morgan fingerprint density at radius 3 is 2.47 bits per heavy atom. The van der Waals surface area contributed by atoms with E-state index in [-0.39, 0.29) is 23.4 Å². The Hall–Kier alpha value is -2.16. The molecule has 2 nitrogen and oxygen atoms in total. The number of amides is 1. The van der Waals surface area contributed by atoms with Crippen LogP contribution in [-0.4, -0.2) is 5.91 Å². The second-order valence-corrected chi connectivity index (χ2v) is 4.83. The number of rotatable bonds is 3. The van der Waals surface area contributed by atoms with E-state index in [9.17, 15) is 9.18 Å². The lowest BCUT2D eigenvalue weighted by atomic mass is 10.1. The molecule has 3 rings (SSSR count). The van der Waals surface area contributed by atoms with Gasteiger partial charge in [-0.3, -0.25) is 4.79 Å². The minimum Gasteiger partial charge on any atom is -0.323 e. The summed E-state index contributed by atoms with van der Waals surface area (Å²) in [4.78, 5) is 12.0. The monoisotopic (exact) mass is 255 g/mol. The van der Waals surface area contributed by atoms with Crippen LogP contribution in [0.4, 0.5) is 10.1 Å². The molecule has 96 valence electrons. The van der Waals surface area contributed by atoms with E-state index in [1.807, 2.05) is 30.3 Å². The Balaban J connectivity index is 1.66. The molecular formula is C16H14FNO. The molecule has 1 fully saturated rings. The zero-order chi connectivity index (χ0) is 13.2. The summed E-state index contributed by atoms with van der Waals surface area (Å²) >= 11 is 0. The molecule has 2 aromatic carbocycles. The normalized spacial score (nSPS) is 20.9. The highest BCUT2D eigenvalue weighted by Crippen LogP contribution is 2.47. The highest BCUT2D eigenvalue weighted by Gasteiger charge is 2.43. The Labute approximate surface area is 111 Å². The number of para-hydroxylation sites is 1. The fraction of sp³-hybridized carbons (Fsp3) is 0.188. The predicted octanol–water partition coefficient (Wildman–Crippen LogP) is 3.57. The molecule has 0 unspecified atom stereocenters. The van der Waals surface area contributed by atoms with Crippen LogP contribution in [0.5, 0.6) is 0 Å². The molecule has 0 aliphatic heterocycles. The molecule has 2 atom stereocenters. The van der Waals surface area contributed by atoms with Gasteiger partial charge in [0.1, 0.15) is 5.82 Å². The van der Waals surface area contributed by atoms with Gasteiger partial charge in [-0.2, -0.15) is 0 Å². The molecular weight excluding hydrogens is 241 g/mol. The number of hydrogen-bond donors (Lipinski definition) is 1. The van der Waals surface area contributed by atoms with Gasteiger partial charge in [-0.25, -0.2) is 4.39 Å². The van der Waals surface area contributed by atoms with Crippen LogP contribution in [0.2, 0.25) is 0 Å². The maximum atomic E-state index is 13.4. The predicted molar refractivity (Wildman–Crippen MR) is 72.3 cm³/mol. The SMILES string of the molecule is O=C(Nc1ccccc1F)[C@H]1C[C@@H]1c1ccccc1. The third-order valence-corrected chi connectivity index (χ3v) is 3.49. The molecule has 0 radical (unpaired) electrons. The summed E-state index contributed by atoms with van der Waals surface area (Å²) in [6, 6.07) is 16.2. The Morgan fingerprint density at radius 2 is 1.74 bits per heavy atom. The van der Waals surface area contributed by atoms with E-state index in [1.165, 1.54) is 11.6 Å². The van der Waals surface area contributed by atoms with Crippen molar-refractivity contribution in [1.82, 2.24) is 0 Å². The van der Waals surface area contributed by atoms with Crippen LogP contribution in [0.3, 0.4) is 0 Å². The minimum atomic E-state index is -0.396. The minimum absolute atomic E-state index is 0.0398. The lowest BCUT2D eigenvalue weighted by Crippen LogP contribution is -2.15. The molecule has 2 aromatic rings. The van der Waals surface area contributed by atoms with Crippen molar-refractivity contribution < 1.29 is 9.18 Å². The van der Waals surface area contributed by atoms with Gasteiger partial charge < -0.3 is 5.32 Å². The quantitative estimate of drug-likeness (QED) is 0.892. The van der Waals surface area contributed by atoms with Gasteiger partial charge in [0.05, 0.1) is 5.69 Å². The first-order chi connectivity index (χ1) is 9.25. The highest BCUT2D eigenvalue weighted by molar-refractivity contribution is 5.95. The van der Waals surface area contributed by atoms with Crippen LogP contribution in [0.1, 0.15) is 17.9 Å². The van der Waals surface area contributed by atoms with Gasteiger partial charge in [-0.05, 0) is 30.0 Å². The summed E-state index contributed by atoms with van der Waals surface area (Å²) in [7, 11) is 0. The van der Waals surface area contributed by atoms with Gasteiger partial charge in [-0.1, -0.05) is 42.5 Å². The van der Waals surface area contributed by atoms with E-state index >= 15 is 0 Å². The van der Waals surface area contributed by atoms with Gasteiger partial charge in [-0.15, -0.1) is 0 Å². The average Bonchev–Trinajstić information content (AvgIpc) is 3.23. The summed E-state index contributed by atoms with van der Waals surface area (Å²) in [5.74, 6) is -0.262. The number of hydrogen-bond acceptors (Lipinski definition) is 1. The fourth-order valence-corrected chi connectivity index (χ4v) is 2.34. The highest BCUT2D eigenvalue weighted by atomic mass is 19.1. The van der Waals surface area contributed by atoms with E-state index < -0.39 is 5.82 Å². The van der Waals surface area contributed by atoms with Crippen LogP contribution in [-0.2, 0) is 4.79 Å². The van der Waals surface area contributed by atoms with Crippen molar-refractivity contribution in [2.24, 2.45) is 5.92 Å².